The van der Waals surface area contributed by atoms with Gasteiger partial charge in [-0.05, 0) is 44.3 Å². The van der Waals surface area contributed by atoms with Crippen LogP contribution < -0.4 is 0 Å². The number of aromatic nitrogens is 2. The third kappa shape index (κ3) is 3.79. The van der Waals surface area contributed by atoms with Crippen LogP contribution >= 0.6 is 0 Å². The first-order valence-electron chi connectivity index (χ1n) is 8.24. The molecule has 0 unspecified atom stereocenters. The van der Waals surface area contributed by atoms with E-state index < -0.39 is 0 Å². The molecule has 0 atom stereocenters. The van der Waals surface area contributed by atoms with E-state index in [2.05, 4.69) is 28.7 Å². The molecule has 2 heterocycles. The van der Waals surface area contributed by atoms with Gasteiger partial charge in [-0.2, -0.15) is 5.10 Å². The van der Waals surface area contributed by atoms with Crippen LogP contribution in [0.4, 0.5) is 4.39 Å². The number of ether oxygens (including phenoxy) is 1. The van der Waals surface area contributed by atoms with Gasteiger partial charge in [0, 0.05) is 30.1 Å². The molecule has 1 aromatic heterocycles. The molecule has 0 spiro atoms. The molecule has 0 N–H and O–H groups in total. The van der Waals surface area contributed by atoms with Crippen LogP contribution in [0.1, 0.15) is 18.9 Å². The molecular formula is C18H24FN3O. The van der Waals surface area contributed by atoms with E-state index in [4.69, 9.17) is 4.74 Å². The van der Waals surface area contributed by atoms with Crippen molar-refractivity contribution in [3.8, 4) is 11.3 Å². The molecule has 23 heavy (non-hydrogen) atoms. The van der Waals surface area contributed by atoms with Crippen LogP contribution in [0.5, 0.6) is 0 Å². The third-order valence-electron chi connectivity index (χ3n) is 4.22. The molecule has 0 radical (unpaired) electrons. The second-order valence-electron chi connectivity index (χ2n) is 6.35. The highest BCUT2D eigenvalue weighted by Crippen LogP contribution is 2.27. The Hall–Kier alpha value is -1.72. The van der Waals surface area contributed by atoms with E-state index in [9.17, 15) is 4.39 Å². The summed E-state index contributed by atoms with van der Waals surface area (Å²) in [4.78, 5) is 2.29. The summed E-state index contributed by atoms with van der Waals surface area (Å²) < 4.78 is 20.6. The first-order chi connectivity index (χ1) is 11.2. The fourth-order valence-corrected chi connectivity index (χ4v) is 3.01. The minimum Gasteiger partial charge on any atom is -0.381 e. The maximum Gasteiger partial charge on any atom is 0.123 e. The van der Waals surface area contributed by atoms with E-state index in [1.165, 1.54) is 17.7 Å². The lowest BCUT2D eigenvalue weighted by molar-refractivity contribution is -0.0406. The van der Waals surface area contributed by atoms with Crippen LogP contribution in [0.15, 0.2) is 30.5 Å². The Labute approximate surface area is 136 Å². The molecule has 0 aliphatic carbocycles. The SMILES string of the molecule is CCCN(C)Cc1cnn(CC2COC2)c1-c1ccc(F)cc1. The zero-order chi connectivity index (χ0) is 16.2. The van der Waals surface area contributed by atoms with Crippen molar-refractivity contribution >= 4 is 0 Å². The smallest absolute Gasteiger partial charge is 0.123 e. The van der Waals surface area contributed by atoms with E-state index in [0.29, 0.717) is 5.92 Å². The molecule has 0 amide bonds. The van der Waals surface area contributed by atoms with Crippen LogP contribution in [0.3, 0.4) is 0 Å². The van der Waals surface area contributed by atoms with E-state index in [1.54, 1.807) is 0 Å². The summed E-state index contributed by atoms with van der Waals surface area (Å²) in [6.07, 6.45) is 3.07. The van der Waals surface area contributed by atoms with Gasteiger partial charge in [-0.25, -0.2) is 4.39 Å². The largest absolute Gasteiger partial charge is 0.381 e. The fourth-order valence-electron chi connectivity index (χ4n) is 3.01. The highest BCUT2D eigenvalue weighted by Gasteiger charge is 2.22. The minimum atomic E-state index is -0.211. The van der Waals surface area contributed by atoms with Gasteiger partial charge in [0.15, 0.2) is 0 Å². The van der Waals surface area contributed by atoms with Gasteiger partial charge < -0.3 is 9.64 Å². The second kappa shape index (κ2) is 7.23. The molecule has 1 aliphatic rings. The Morgan fingerprint density at radius 3 is 2.65 bits per heavy atom. The number of rotatable bonds is 7. The lowest BCUT2D eigenvalue weighted by atomic mass is 10.1. The number of halogens is 1. The summed E-state index contributed by atoms with van der Waals surface area (Å²) in [5.41, 5.74) is 3.30. The molecule has 0 saturated carbocycles. The average Bonchev–Trinajstić information content (AvgIpc) is 2.87. The summed E-state index contributed by atoms with van der Waals surface area (Å²) in [7, 11) is 2.12. The first kappa shape index (κ1) is 16.1. The predicted molar refractivity (Wildman–Crippen MR) is 88.6 cm³/mol. The molecule has 5 heteroatoms. The molecule has 1 saturated heterocycles. The monoisotopic (exact) mass is 317 g/mol. The van der Waals surface area contributed by atoms with Crippen LogP contribution in [0.25, 0.3) is 11.3 Å². The van der Waals surface area contributed by atoms with Gasteiger partial charge in [-0.1, -0.05) is 6.92 Å². The fraction of sp³-hybridized carbons (Fsp3) is 0.500. The molecule has 0 bridgehead atoms. The molecule has 2 aromatic rings. The highest BCUT2D eigenvalue weighted by molar-refractivity contribution is 5.63. The number of hydrogen-bond acceptors (Lipinski definition) is 3. The molecule has 4 nitrogen and oxygen atoms in total. The second-order valence-corrected chi connectivity index (χ2v) is 6.35. The zero-order valence-electron chi connectivity index (χ0n) is 13.8. The maximum atomic E-state index is 13.3. The van der Waals surface area contributed by atoms with Crippen LogP contribution in [0, 0.1) is 11.7 Å². The van der Waals surface area contributed by atoms with Crippen molar-refractivity contribution in [2.45, 2.75) is 26.4 Å². The van der Waals surface area contributed by atoms with Gasteiger partial charge in [0.1, 0.15) is 5.82 Å². The molecule has 1 aromatic carbocycles. The Morgan fingerprint density at radius 2 is 2.04 bits per heavy atom. The number of nitrogens with zero attached hydrogens (tertiary/aromatic N) is 3. The first-order valence-corrected chi connectivity index (χ1v) is 8.24. The average molecular weight is 317 g/mol. The predicted octanol–water partition coefficient (Wildman–Crippen LogP) is 3.18. The third-order valence-corrected chi connectivity index (χ3v) is 4.22. The summed E-state index contributed by atoms with van der Waals surface area (Å²) >= 11 is 0. The topological polar surface area (TPSA) is 30.3 Å². The van der Waals surface area contributed by atoms with E-state index >= 15 is 0 Å². The van der Waals surface area contributed by atoms with Crippen molar-refractivity contribution in [1.29, 1.82) is 0 Å². The van der Waals surface area contributed by atoms with E-state index in [-0.39, 0.29) is 5.82 Å². The van der Waals surface area contributed by atoms with Crippen molar-refractivity contribution in [1.82, 2.24) is 14.7 Å². The summed E-state index contributed by atoms with van der Waals surface area (Å²) in [6.45, 7) is 6.52. The summed E-state index contributed by atoms with van der Waals surface area (Å²) in [6, 6.07) is 6.70. The summed E-state index contributed by atoms with van der Waals surface area (Å²) in [5, 5.41) is 4.59. The molecular weight excluding hydrogens is 293 g/mol. The maximum absolute atomic E-state index is 13.3. The van der Waals surface area contributed by atoms with Crippen molar-refractivity contribution in [2.24, 2.45) is 5.92 Å². The molecule has 1 aliphatic heterocycles. The Kier molecular flexibility index (Phi) is 5.08. The van der Waals surface area contributed by atoms with Crippen LogP contribution in [0.2, 0.25) is 0 Å². The lowest BCUT2D eigenvalue weighted by Gasteiger charge is -2.26. The van der Waals surface area contributed by atoms with Crippen LogP contribution in [-0.4, -0.2) is 41.5 Å². The number of hydrogen-bond donors (Lipinski definition) is 0. The Balaban J connectivity index is 1.90. The van der Waals surface area contributed by atoms with Crippen molar-refractivity contribution in [3.63, 3.8) is 0 Å². The van der Waals surface area contributed by atoms with Gasteiger partial charge in [0.05, 0.1) is 25.1 Å². The van der Waals surface area contributed by atoms with E-state index in [1.807, 2.05) is 18.3 Å². The van der Waals surface area contributed by atoms with Crippen molar-refractivity contribution in [3.05, 3.63) is 41.8 Å². The van der Waals surface area contributed by atoms with Gasteiger partial charge in [-0.15, -0.1) is 0 Å². The molecule has 3 rings (SSSR count). The standard InChI is InChI=1S/C18H24FN3O/c1-3-8-21(2)11-16-9-20-22(10-14-12-23-13-14)18(16)15-4-6-17(19)7-5-15/h4-7,9,14H,3,8,10-13H2,1-2H3. The summed E-state index contributed by atoms with van der Waals surface area (Å²) in [5.74, 6) is 0.312. The number of benzene rings is 1. The highest BCUT2D eigenvalue weighted by atomic mass is 19.1. The molecule has 1 fully saturated rings. The van der Waals surface area contributed by atoms with Gasteiger partial charge in [0.25, 0.3) is 0 Å². The minimum absolute atomic E-state index is 0.211. The Bertz CT molecular complexity index is 634. The van der Waals surface area contributed by atoms with Crippen molar-refractivity contribution < 1.29 is 9.13 Å². The van der Waals surface area contributed by atoms with Crippen molar-refractivity contribution in [2.75, 3.05) is 26.8 Å². The van der Waals surface area contributed by atoms with Crippen LogP contribution in [-0.2, 0) is 17.8 Å². The normalized spacial score (nSPS) is 15.1. The lowest BCUT2D eigenvalue weighted by Crippen LogP contribution is -2.32. The van der Waals surface area contributed by atoms with Gasteiger partial charge >= 0.3 is 0 Å². The van der Waals surface area contributed by atoms with Gasteiger partial charge in [0.2, 0.25) is 0 Å². The quantitative estimate of drug-likeness (QED) is 0.786. The van der Waals surface area contributed by atoms with Gasteiger partial charge in [-0.3, -0.25) is 4.68 Å². The Morgan fingerprint density at radius 1 is 1.30 bits per heavy atom. The van der Waals surface area contributed by atoms with E-state index in [0.717, 1.165) is 50.5 Å². The zero-order valence-corrected chi connectivity index (χ0v) is 13.8. The molecule has 124 valence electrons.